The van der Waals surface area contributed by atoms with Crippen LogP contribution < -0.4 is 14.8 Å². The van der Waals surface area contributed by atoms with E-state index in [1.807, 2.05) is 42.5 Å². The van der Waals surface area contributed by atoms with Crippen LogP contribution in [0.25, 0.3) is 0 Å². The van der Waals surface area contributed by atoms with Gasteiger partial charge in [0, 0.05) is 11.0 Å². The molecule has 0 saturated heterocycles. The third-order valence-corrected chi connectivity index (χ3v) is 3.67. The van der Waals surface area contributed by atoms with Gasteiger partial charge in [-0.3, -0.25) is 4.79 Å². The van der Waals surface area contributed by atoms with Crippen LogP contribution in [0.15, 0.2) is 46.9 Å². The van der Waals surface area contributed by atoms with Crippen molar-refractivity contribution >= 4 is 21.8 Å². The molecule has 0 atom stereocenters. The highest BCUT2D eigenvalue weighted by Crippen LogP contribution is 2.32. The zero-order valence-electron chi connectivity index (χ0n) is 11.3. The van der Waals surface area contributed by atoms with E-state index in [0.29, 0.717) is 13.0 Å². The van der Waals surface area contributed by atoms with Crippen molar-refractivity contribution in [3.63, 3.8) is 0 Å². The van der Waals surface area contributed by atoms with Crippen molar-refractivity contribution in [3.8, 4) is 11.5 Å². The van der Waals surface area contributed by atoms with Crippen molar-refractivity contribution in [2.45, 2.75) is 13.0 Å². The lowest BCUT2D eigenvalue weighted by atomic mass is 10.1. The molecule has 0 spiro atoms. The smallest absolute Gasteiger partial charge is 0.231 e. The van der Waals surface area contributed by atoms with Crippen molar-refractivity contribution < 1.29 is 14.3 Å². The molecule has 1 heterocycles. The average Bonchev–Trinajstić information content (AvgIpc) is 2.92. The number of amides is 1. The molecule has 3 rings (SSSR count). The number of fused-ring (bicyclic) bond motifs is 1. The summed E-state index contributed by atoms with van der Waals surface area (Å²) in [5.74, 6) is 1.47. The Bertz CT molecular complexity index is 672. The molecule has 0 saturated carbocycles. The zero-order chi connectivity index (χ0) is 14.7. The molecular weight excluding hydrogens is 334 g/mol. The van der Waals surface area contributed by atoms with Gasteiger partial charge in [-0.1, -0.05) is 34.1 Å². The summed E-state index contributed by atoms with van der Waals surface area (Å²) in [4.78, 5) is 11.9. The maximum atomic E-state index is 11.9. The lowest BCUT2D eigenvalue weighted by molar-refractivity contribution is -0.120. The van der Waals surface area contributed by atoms with Gasteiger partial charge >= 0.3 is 0 Å². The maximum Gasteiger partial charge on any atom is 0.231 e. The van der Waals surface area contributed by atoms with E-state index in [1.54, 1.807) is 0 Å². The maximum absolute atomic E-state index is 11.9. The molecule has 4 nitrogen and oxygen atoms in total. The fourth-order valence-electron chi connectivity index (χ4n) is 2.15. The molecule has 2 aromatic rings. The standard InChI is InChI=1S/C16H14BrNO3/c17-13-3-1-2-11(6-13)8-16(19)18-9-12-4-5-14-15(7-12)21-10-20-14/h1-7H,8-10H2,(H,18,19). The number of nitrogens with one attached hydrogen (secondary N) is 1. The van der Waals surface area contributed by atoms with Gasteiger partial charge in [0.05, 0.1) is 6.42 Å². The van der Waals surface area contributed by atoms with E-state index in [9.17, 15) is 4.79 Å². The predicted molar refractivity (Wildman–Crippen MR) is 82.3 cm³/mol. The molecule has 0 bridgehead atoms. The molecule has 1 N–H and O–H groups in total. The summed E-state index contributed by atoms with van der Waals surface area (Å²) in [5, 5.41) is 2.91. The Labute approximate surface area is 131 Å². The van der Waals surface area contributed by atoms with Crippen LogP contribution in [0.4, 0.5) is 0 Å². The van der Waals surface area contributed by atoms with E-state index in [1.165, 1.54) is 0 Å². The van der Waals surface area contributed by atoms with Crippen LogP contribution in [-0.2, 0) is 17.8 Å². The zero-order valence-corrected chi connectivity index (χ0v) is 12.9. The fourth-order valence-corrected chi connectivity index (χ4v) is 2.59. The fraction of sp³-hybridized carbons (Fsp3) is 0.188. The molecule has 108 valence electrons. The minimum Gasteiger partial charge on any atom is -0.454 e. The summed E-state index contributed by atoms with van der Waals surface area (Å²) in [5.41, 5.74) is 1.97. The molecular formula is C16H14BrNO3. The molecule has 0 unspecified atom stereocenters. The van der Waals surface area contributed by atoms with E-state index < -0.39 is 0 Å². The number of hydrogen-bond acceptors (Lipinski definition) is 3. The van der Waals surface area contributed by atoms with Crippen molar-refractivity contribution in [2.75, 3.05) is 6.79 Å². The van der Waals surface area contributed by atoms with Gasteiger partial charge in [0.1, 0.15) is 0 Å². The van der Waals surface area contributed by atoms with Gasteiger partial charge in [0.25, 0.3) is 0 Å². The largest absolute Gasteiger partial charge is 0.454 e. The van der Waals surface area contributed by atoms with Crippen molar-refractivity contribution in [3.05, 3.63) is 58.1 Å². The summed E-state index contributed by atoms with van der Waals surface area (Å²) < 4.78 is 11.5. The van der Waals surface area contributed by atoms with Crippen LogP contribution in [0.2, 0.25) is 0 Å². The summed E-state index contributed by atoms with van der Waals surface area (Å²) in [7, 11) is 0. The third-order valence-electron chi connectivity index (χ3n) is 3.18. The lowest BCUT2D eigenvalue weighted by Gasteiger charge is -2.06. The van der Waals surface area contributed by atoms with Crippen molar-refractivity contribution in [2.24, 2.45) is 0 Å². The molecule has 0 fully saturated rings. The number of halogens is 1. The second-order valence-corrected chi connectivity index (χ2v) is 5.69. The quantitative estimate of drug-likeness (QED) is 0.924. The molecule has 0 radical (unpaired) electrons. The highest BCUT2D eigenvalue weighted by molar-refractivity contribution is 9.10. The van der Waals surface area contributed by atoms with Gasteiger partial charge in [-0.15, -0.1) is 0 Å². The number of benzene rings is 2. The molecule has 5 heteroatoms. The topological polar surface area (TPSA) is 47.6 Å². The highest BCUT2D eigenvalue weighted by atomic mass is 79.9. The first-order valence-electron chi connectivity index (χ1n) is 6.60. The normalized spacial score (nSPS) is 12.2. The van der Waals surface area contributed by atoms with E-state index in [2.05, 4.69) is 21.2 Å². The second-order valence-electron chi connectivity index (χ2n) is 4.77. The highest BCUT2D eigenvalue weighted by Gasteiger charge is 2.13. The van der Waals surface area contributed by atoms with Gasteiger partial charge in [0.15, 0.2) is 11.5 Å². The number of carbonyl (C=O) groups excluding carboxylic acids is 1. The lowest BCUT2D eigenvalue weighted by Crippen LogP contribution is -2.24. The Kier molecular flexibility index (Phi) is 4.10. The third kappa shape index (κ3) is 3.55. The van der Waals surface area contributed by atoms with E-state index in [4.69, 9.17) is 9.47 Å². The first kappa shape index (κ1) is 13.9. The minimum absolute atomic E-state index is 0.00855. The SMILES string of the molecule is O=C(Cc1cccc(Br)c1)NCc1ccc2c(c1)OCO2. The first-order chi connectivity index (χ1) is 10.2. The summed E-state index contributed by atoms with van der Waals surface area (Å²) in [6, 6.07) is 13.4. The van der Waals surface area contributed by atoms with Gasteiger partial charge in [-0.05, 0) is 35.4 Å². The number of ether oxygens (including phenoxy) is 2. The Morgan fingerprint density at radius 3 is 2.81 bits per heavy atom. The van der Waals surface area contributed by atoms with Crippen LogP contribution in [0.5, 0.6) is 11.5 Å². The van der Waals surface area contributed by atoms with Gasteiger partial charge in [-0.25, -0.2) is 0 Å². The van der Waals surface area contributed by atoms with Crippen molar-refractivity contribution in [1.29, 1.82) is 0 Å². The summed E-state index contributed by atoms with van der Waals surface area (Å²) in [6.07, 6.45) is 0.365. The second kappa shape index (κ2) is 6.18. The van der Waals surface area contributed by atoms with Gasteiger partial charge in [0.2, 0.25) is 12.7 Å². The summed E-state index contributed by atoms with van der Waals surface area (Å²) in [6.45, 7) is 0.734. The van der Waals surface area contributed by atoms with Gasteiger partial charge < -0.3 is 14.8 Å². The molecule has 2 aromatic carbocycles. The number of hydrogen-bond donors (Lipinski definition) is 1. The molecule has 1 aliphatic rings. The Morgan fingerprint density at radius 2 is 1.95 bits per heavy atom. The molecule has 0 aliphatic carbocycles. The Balaban J connectivity index is 1.56. The van der Waals surface area contributed by atoms with Crippen LogP contribution >= 0.6 is 15.9 Å². The van der Waals surface area contributed by atoms with Crippen molar-refractivity contribution in [1.82, 2.24) is 5.32 Å². The molecule has 1 amide bonds. The number of carbonyl (C=O) groups is 1. The predicted octanol–water partition coefficient (Wildman–Crippen LogP) is 3.04. The molecule has 1 aliphatic heterocycles. The Morgan fingerprint density at radius 1 is 1.10 bits per heavy atom. The minimum atomic E-state index is -0.00855. The summed E-state index contributed by atoms with van der Waals surface area (Å²) >= 11 is 3.40. The monoisotopic (exact) mass is 347 g/mol. The van der Waals surface area contributed by atoms with Gasteiger partial charge in [-0.2, -0.15) is 0 Å². The van der Waals surface area contributed by atoms with Crippen LogP contribution in [-0.4, -0.2) is 12.7 Å². The first-order valence-corrected chi connectivity index (χ1v) is 7.40. The average molecular weight is 348 g/mol. The van der Waals surface area contributed by atoms with Crippen LogP contribution in [0.1, 0.15) is 11.1 Å². The number of rotatable bonds is 4. The van der Waals surface area contributed by atoms with E-state index >= 15 is 0 Å². The van der Waals surface area contributed by atoms with E-state index in [-0.39, 0.29) is 12.7 Å². The van der Waals surface area contributed by atoms with Crippen LogP contribution in [0, 0.1) is 0 Å². The molecule has 0 aromatic heterocycles. The van der Waals surface area contributed by atoms with Crippen LogP contribution in [0.3, 0.4) is 0 Å². The molecule has 21 heavy (non-hydrogen) atoms. The Hall–Kier alpha value is -2.01. The van der Waals surface area contributed by atoms with E-state index in [0.717, 1.165) is 27.1 Å².